The number of carboxylic acids is 1. The summed E-state index contributed by atoms with van der Waals surface area (Å²) in [6.45, 7) is 3.11. The van der Waals surface area contributed by atoms with Crippen molar-refractivity contribution >= 4 is 11.9 Å². The number of carbonyl (C=O) groups excluding carboxylic acids is 1. The Morgan fingerprint density at radius 3 is 2.69 bits per heavy atom. The van der Waals surface area contributed by atoms with Crippen molar-refractivity contribution in [1.82, 2.24) is 9.88 Å². The van der Waals surface area contributed by atoms with Gasteiger partial charge < -0.3 is 14.4 Å². The highest BCUT2D eigenvalue weighted by Crippen LogP contribution is 2.23. The monoisotopic (exact) mass is 390 g/mol. The molecule has 2 heterocycles. The molecule has 0 unspecified atom stereocenters. The van der Waals surface area contributed by atoms with Crippen LogP contribution < -0.4 is 0 Å². The van der Waals surface area contributed by atoms with Crippen molar-refractivity contribution in [1.29, 1.82) is 0 Å². The maximum Gasteiger partial charge on any atom is 0.335 e. The Labute approximate surface area is 168 Å². The predicted octanol–water partition coefficient (Wildman–Crippen LogP) is 3.87. The molecule has 29 heavy (non-hydrogen) atoms. The lowest BCUT2D eigenvalue weighted by atomic mass is 9.97. The highest BCUT2D eigenvalue weighted by Gasteiger charge is 2.22. The molecule has 1 aliphatic heterocycles. The number of fused-ring (bicyclic) bond motifs is 1. The Morgan fingerprint density at radius 1 is 1.14 bits per heavy atom. The molecule has 1 N–H and O–H groups in total. The van der Waals surface area contributed by atoms with Crippen molar-refractivity contribution in [2.75, 3.05) is 6.54 Å². The second-order valence-corrected chi connectivity index (χ2v) is 7.34. The van der Waals surface area contributed by atoms with Crippen molar-refractivity contribution < 1.29 is 19.1 Å². The van der Waals surface area contributed by atoms with Gasteiger partial charge in [0.15, 0.2) is 11.7 Å². The van der Waals surface area contributed by atoms with Crippen molar-refractivity contribution in [2.45, 2.75) is 32.7 Å². The summed E-state index contributed by atoms with van der Waals surface area (Å²) < 4.78 is 5.80. The van der Waals surface area contributed by atoms with E-state index in [1.807, 2.05) is 37.3 Å². The van der Waals surface area contributed by atoms with E-state index in [9.17, 15) is 14.7 Å². The van der Waals surface area contributed by atoms with Crippen LogP contribution in [0.5, 0.6) is 0 Å². The number of carboxylic acid groups (broad SMARTS) is 1. The van der Waals surface area contributed by atoms with Crippen molar-refractivity contribution in [2.24, 2.45) is 0 Å². The second-order valence-electron chi connectivity index (χ2n) is 7.34. The molecule has 0 spiro atoms. The van der Waals surface area contributed by atoms with E-state index < -0.39 is 5.97 Å². The molecule has 0 radical (unpaired) electrons. The standard InChI is InChI=1S/C23H22N2O4/c1-15-2-4-17(5-3-15)20-13-24-21(29-20)8-9-22(26)25-11-10-16-6-7-18(23(27)28)12-19(16)14-25/h2-7,12-13H,8-11,14H2,1H3,(H,27,28). The normalized spacial score (nSPS) is 13.2. The Kier molecular flexibility index (Phi) is 5.16. The molecule has 0 saturated heterocycles. The smallest absolute Gasteiger partial charge is 0.335 e. The van der Waals surface area contributed by atoms with Gasteiger partial charge in [-0.25, -0.2) is 9.78 Å². The molecule has 0 aliphatic carbocycles. The van der Waals surface area contributed by atoms with E-state index in [-0.39, 0.29) is 11.5 Å². The molecule has 0 fully saturated rings. The van der Waals surface area contributed by atoms with E-state index in [1.165, 1.54) is 5.56 Å². The Bertz CT molecular complexity index is 1050. The number of amides is 1. The number of benzene rings is 2. The van der Waals surface area contributed by atoms with Crippen LogP contribution in [0.3, 0.4) is 0 Å². The van der Waals surface area contributed by atoms with Gasteiger partial charge in [-0.15, -0.1) is 0 Å². The van der Waals surface area contributed by atoms with Gasteiger partial charge in [0.2, 0.25) is 5.91 Å². The Hall–Kier alpha value is -3.41. The zero-order chi connectivity index (χ0) is 20.4. The molecule has 0 atom stereocenters. The fourth-order valence-corrected chi connectivity index (χ4v) is 3.55. The summed E-state index contributed by atoms with van der Waals surface area (Å²) in [6, 6.07) is 13.1. The number of hydrogen-bond acceptors (Lipinski definition) is 4. The summed E-state index contributed by atoms with van der Waals surface area (Å²) in [5.74, 6) is 0.302. The lowest BCUT2D eigenvalue weighted by molar-refractivity contribution is -0.132. The summed E-state index contributed by atoms with van der Waals surface area (Å²) in [6.07, 6.45) is 3.16. The molecule has 0 bridgehead atoms. The van der Waals surface area contributed by atoms with E-state index in [1.54, 1.807) is 23.2 Å². The molecular weight excluding hydrogens is 368 g/mol. The van der Waals surface area contributed by atoms with Crippen LogP contribution >= 0.6 is 0 Å². The zero-order valence-corrected chi connectivity index (χ0v) is 16.2. The number of aryl methyl sites for hydroxylation is 2. The summed E-state index contributed by atoms with van der Waals surface area (Å²) in [5.41, 5.74) is 4.40. The minimum absolute atomic E-state index is 0.0199. The number of aromatic nitrogens is 1. The fraction of sp³-hybridized carbons (Fsp3) is 0.261. The number of rotatable bonds is 5. The van der Waals surface area contributed by atoms with Crippen LogP contribution in [0.4, 0.5) is 0 Å². The van der Waals surface area contributed by atoms with Crippen LogP contribution in [0.2, 0.25) is 0 Å². The third-order valence-corrected chi connectivity index (χ3v) is 5.26. The molecule has 1 aromatic heterocycles. The number of hydrogen-bond donors (Lipinski definition) is 1. The van der Waals surface area contributed by atoms with E-state index in [0.717, 1.165) is 23.1 Å². The molecule has 1 amide bonds. The lowest BCUT2D eigenvalue weighted by Crippen LogP contribution is -2.36. The summed E-state index contributed by atoms with van der Waals surface area (Å²) in [5, 5.41) is 9.17. The molecular formula is C23H22N2O4. The van der Waals surface area contributed by atoms with Crippen LogP contribution in [0.1, 0.15) is 39.4 Å². The van der Waals surface area contributed by atoms with Crippen LogP contribution in [0, 0.1) is 6.92 Å². The lowest BCUT2D eigenvalue weighted by Gasteiger charge is -2.29. The molecule has 6 nitrogen and oxygen atoms in total. The largest absolute Gasteiger partial charge is 0.478 e. The third kappa shape index (κ3) is 4.21. The number of aromatic carboxylic acids is 1. The first-order valence-corrected chi connectivity index (χ1v) is 9.64. The van der Waals surface area contributed by atoms with Gasteiger partial charge in [0.05, 0.1) is 11.8 Å². The van der Waals surface area contributed by atoms with E-state index in [4.69, 9.17) is 4.42 Å². The van der Waals surface area contributed by atoms with Crippen LogP contribution in [-0.2, 0) is 24.2 Å². The maximum absolute atomic E-state index is 12.7. The average Bonchev–Trinajstić information content (AvgIpc) is 3.20. The van der Waals surface area contributed by atoms with Crippen LogP contribution in [0.25, 0.3) is 11.3 Å². The summed E-state index contributed by atoms with van der Waals surface area (Å²) in [7, 11) is 0. The molecule has 1 aliphatic rings. The predicted molar refractivity (Wildman–Crippen MR) is 108 cm³/mol. The fourth-order valence-electron chi connectivity index (χ4n) is 3.55. The van der Waals surface area contributed by atoms with Gasteiger partial charge in [0.1, 0.15) is 0 Å². The van der Waals surface area contributed by atoms with Crippen LogP contribution in [0.15, 0.2) is 53.1 Å². The molecule has 6 heteroatoms. The number of carbonyl (C=O) groups is 2. The van der Waals surface area contributed by atoms with Crippen molar-refractivity contribution in [3.63, 3.8) is 0 Å². The van der Waals surface area contributed by atoms with Crippen molar-refractivity contribution in [3.05, 3.63) is 76.8 Å². The first-order chi connectivity index (χ1) is 14.0. The number of nitrogens with zero attached hydrogens (tertiary/aromatic N) is 2. The minimum atomic E-state index is -0.954. The van der Waals surface area contributed by atoms with Gasteiger partial charge in [-0.3, -0.25) is 4.79 Å². The number of oxazole rings is 1. The Balaban J connectivity index is 1.37. The highest BCUT2D eigenvalue weighted by molar-refractivity contribution is 5.88. The highest BCUT2D eigenvalue weighted by atomic mass is 16.4. The molecule has 2 aromatic carbocycles. The first-order valence-electron chi connectivity index (χ1n) is 9.64. The topological polar surface area (TPSA) is 83.6 Å². The third-order valence-electron chi connectivity index (χ3n) is 5.26. The zero-order valence-electron chi connectivity index (χ0n) is 16.2. The SMILES string of the molecule is Cc1ccc(-c2cnc(CCC(=O)N3CCc4ccc(C(=O)O)cc4C3)o2)cc1. The molecule has 4 rings (SSSR count). The average molecular weight is 390 g/mol. The quantitative estimate of drug-likeness (QED) is 0.715. The van der Waals surface area contributed by atoms with E-state index in [0.29, 0.717) is 37.6 Å². The van der Waals surface area contributed by atoms with Gasteiger partial charge in [-0.2, -0.15) is 0 Å². The molecule has 148 valence electrons. The van der Waals surface area contributed by atoms with Gasteiger partial charge >= 0.3 is 5.97 Å². The van der Waals surface area contributed by atoms with Gasteiger partial charge in [-0.05, 0) is 36.6 Å². The molecule has 0 saturated carbocycles. The molecule has 3 aromatic rings. The van der Waals surface area contributed by atoms with E-state index >= 15 is 0 Å². The van der Waals surface area contributed by atoms with Crippen LogP contribution in [-0.4, -0.2) is 33.4 Å². The van der Waals surface area contributed by atoms with Gasteiger partial charge in [0, 0.05) is 31.5 Å². The summed E-state index contributed by atoms with van der Waals surface area (Å²) in [4.78, 5) is 29.9. The summed E-state index contributed by atoms with van der Waals surface area (Å²) >= 11 is 0. The van der Waals surface area contributed by atoms with Gasteiger partial charge in [-0.1, -0.05) is 35.9 Å². The first kappa shape index (κ1) is 18.9. The minimum Gasteiger partial charge on any atom is -0.478 e. The van der Waals surface area contributed by atoms with Gasteiger partial charge in [0.25, 0.3) is 0 Å². The Morgan fingerprint density at radius 2 is 1.93 bits per heavy atom. The van der Waals surface area contributed by atoms with Crippen molar-refractivity contribution in [3.8, 4) is 11.3 Å². The maximum atomic E-state index is 12.7. The van der Waals surface area contributed by atoms with E-state index in [2.05, 4.69) is 4.98 Å². The second kappa shape index (κ2) is 7.91.